The fraction of sp³-hybridized carbons (Fsp3) is 0.462. The van der Waals surface area contributed by atoms with Crippen LogP contribution in [0.4, 0.5) is 13.2 Å². The number of hydrogen-bond donors (Lipinski definition) is 1. The first-order chi connectivity index (χ1) is 10.6. The highest BCUT2D eigenvalue weighted by Gasteiger charge is 2.33. The smallest absolute Gasteiger partial charge is 0.446 e. The largest absolute Gasteiger partial charge is 0.481 e. The van der Waals surface area contributed by atoms with E-state index in [9.17, 15) is 26.4 Å². The molecule has 0 spiro atoms. The molecule has 0 amide bonds. The predicted molar refractivity (Wildman–Crippen MR) is 77.5 cm³/mol. The lowest BCUT2D eigenvalue weighted by molar-refractivity contribution is -0.142. The minimum atomic E-state index is -4.44. The average molecular weight is 369 g/mol. The van der Waals surface area contributed by atoms with Crippen molar-refractivity contribution in [2.45, 2.75) is 28.1 Å². The van der Waals surface area contributed by atoms with Gasteiger partial charge in [0.2, 0.25) is 10.0 Å². The highest BCUT2D eigenvalue weighted by molar-refractivity contribution is 8.00. The Balaban J connectivity index is 2.17. The summed E-state index contributed by atoms with van der Waals surface area (Å²) in [6.45, 7) is 0.0713. The highest BCUT2D eigenvalue weighted by atomic mass is 32.2. The number of sulfonamides is 1. The maximum absolute atomic E-state index is 12.5. The molecule has 128 valence electrons. The lowest BCUT2D eigenvalue weighted by Crippen LogP contribution is -2.42. The Morgan fingerprint density at radius 3 is 2.39 bits per heavy atom. The number of carboxylic acid groups (broad SMARTS) is 1. The first-order valence-corrected chi connectivity index (χ1v) is 8.94. The number of piperidine rings is 1. The second-order valence-corrected chi connectivity index (χ2v) is 8.14. The van der Waals surface area contributed by atoms with Crippen LogP contribution in [0, 0.1) is 5.92 Å². The van der Waals surface area contributed by atoms with E-state index in [1.807, 2.05) is 0 Å². The number of alkyl halides is 3. The van der Waals surface area contributed by atoms with Crippen LogP contribution in [0.1, 0.15) is 12.8 Å². The number of nitrogens with zero attached hydrogens (tertiary/aromatic N) is 1. The monoisotopic (exact) mass is 369 g/mol. The van der Waals surface area contributed by atoms with Crippen LogP contribution in [-0.4, -0.2) is 42.4 Å². The first-order valence-electron chi connectivity index (χ1n) is 6.68. The number of carbonyl (C=O) groups is 1. The molecule has 1 heterocycles. The Kier molecular flexibility index (Phi) is 5.27. The number of thioether (sulfide) groups is 1. The summed E-state index contributed by atoms with van der Waals surface area (Å²) in [4.78, 5) is 10.8. The second kappa shape index (κ2) is 6.70. The molecule has 23 heavy (non-hydrogen) atoms. The molecule has 1 aromatic carbocycles. The van der Waals surface area contributed by atoms with Gasteiger partial charge in [-0.3, -0.25) is 4.79 Å². The SMILES string of the molecule is O=C(O)C1CCCN(S(=O)(=O)c2ccc(SC(F)(F)F)cc2)C1. The van der Waals surface area contributed by atoms with Crippen molar-refractivity contribution in [2.24, 2.45) is 5.92 Å². The zero-order chi connectivity index (χ0) is 17.3. The molecule has 0 aromatic heterocycles. The Morgan fingerprint density at radius 2 is 1.87 bits per heavy atom. The predicted octanol–water partition coefficient (Wildman–Crippen LogP) is 2.78. The maximum Gasteiger partial charge on any atom is 0.446 e. The zero-order valence-electron chi connectivity index (χ0n) is 11.8. The van der Waals surface area contributed by atoms with E-state index in [-0.39, 0.29) is 34.6 Å². The summed E-state index contributed by atoms with van der Waals surface area (Å²) in [7, 11) is -3.91. The van der Waals surface area contributed by atoms with Crippen LogP contribution in [-0.2, 0) is 14.8 Å². The third kappa shape index (κ3) is 4.61. The molecule has 2 rings (SSSR count). The van der Waals surface area contributed by atoms with Crippen LogP contribution in [0.15, 0.2) is 34.1 Å². The molecular formula is C13H14F3NO4S2. The van der Waals surface area contributed by atoms with Crippen LogP contribution in [0.25, 0.3) is 0 Å². The molecule has 10 heteroatoms. The number of aliphatic carboxylic acids is 1. The summed E-state index contributed by atoms with van der Waals surface area (Å²) in [5, 5.41) is 9.01. The lowest BCUT2D eigenvalue weighted by atomic mass is 10.0. The third-order valence-electron chi connectivity index (χ3n) is 3.43. The summed E-state index contributed by atoms with van der Waals surface area (Å²) in [6, 6.07) is 4.38. The first kappa shape index (κ1) is 18.1. The summed E-state index contributed by atoms with van der Waals surface area (Å²) >= 11 is -0.326. The molecular weight excluding hydrogens is 355 g/mol. The molecule has 0 radical (unpaired) electrons. The molecule has 0 bridgehead atoms. The van der Waals surface area contributed by atoms with Crippen molar-refractivity contribution in [3.05, 3.63) is 24.3 Å². The molecule has 0 aliphatic carbocycles. The van der Waals surface area contributed by atoms with E-state index in [0.717, 1.165) is 28.6 Å². The van der Waals surface area contributed by atoms with E-state index < -0.39 is 27.4 Å². The number of hydrogen-bond acceptors (Lipinski definition) is 4. The molecule has 1 saturated heterocycles. The van der Waals surface area contributed by atoms with E-state index in [1.54, 1.807) is 0 Å². The van der Waals surface area contributed by atoms with Gasteiger partial charge < -0.3 is 5.11 Å². The second-order valence-electron chi connectivity index (χ2n) is 5.06. The van der Waals surface area contributed by atoms with Crippen molar-refractivity contribution in [3.8, 4) is 0 Å². The summed E-state index contributed by atoms with van der Waals surface area (Å²) in [5.74, 6) is -1.82. The third-order valence-corrected chi connectivity index (χ3v) is 6.05. The van der Waals surface area contributed by atoms with Crippen LogP contribution in [0.5, 0.6) is 0 Å². The van der Waals surface area contributed by atoms with E-state index in [4.69, 9.17) is 5.11 Å². The zero-order valence-corrected chi connectivity index (χ0v) is 13.4. The topological polar surface area (TPSA) is 74.7 Å². The summed E-state index contributed by atoms with van der Waals surface area (Å²) in [5.41, 5.74) is -4.44. The van der Waals surface area contributed by atoms with Gasteiger partial charge in [0.1, 0.15) is 0 Å². The van der Waals surface area contributed by atoms with Gasteiger partial charge in [0, 0.05) is 18.0 Å². The molecule has 1 fully saturated rings. The van der Waals surface area contributed by atoms with E-state index in [1.165, 1.54) is 0 Å². The van der Waals surface area contributed by atoms with Crippen LogP contribution in [0.2, 0.25) is 0 Å². The van der Waals surface area contributed by atoms with Gasteiger partial charge in [-0.25, -0.2) is 8.42 Å². The molecule has 1 unspecified atom stereocenters. The van der Waals surface area contributed by atoms with Crippen LogP contribution < -0.4 is 0 Å². The van der Waals surface area contributed by atoms with E-state index in [2.05, 4.69) is 0 Å². The molecule has 5 nitrogen and oxygen atoms in total. The number of benzene rings is 1. The van der Waals surface area contributed by atoms with Crippen molar-refractivity contribution in [1.29, 1.82) is 0 Å². The fourth-order valence-corrected chi connectivity index (χ4v) is 4.39. The molecule has 1 aliphatic heterocycles. The van der Waals surface area contributed by atoms with Gasteiger partial charge in [-0.15, -0.1) is 0 Å². The van der Waals surface area contributed by atoms with Gasteiger partial charge in [0.15, 0.2) is 0 Å². The number of halogens is 3. The van der Waals surface area contributed by atoms with Gasteiger partial charge in [0.25, 0.3) is 0 Å². The molecule has 1 aliphatic rings. The fourth-order valence-electron chi connectivity index (χ4n) is 2.32. The number of carboxylic acids is 1. The Hall–Kier alpha value is -1.26. The van der Waals surface area contributed by atoms with E-state index in [0.29, 0.717) is 12.8 Å². The summed E-state index contributed by atoms with van der Waals surface area (Å²) in [6.07, 6.45) is 0.834. The van der Waals surface area contributed by atoms with Crippen molar-refractivity contribution in [2.75, 3.05) is 13.1 Å². The van der Waals surface area contributed by atoms with Crippen molar-refractivity contribution in [3.63, 3.8) is 0 Å². The van der Waals surface area contributed by atoms with Crippen molar-refractivity contribution in [1.82, 2.24) is 4.31 Å². The normalized spacial score (nSPS) is 20.4. The molecule has 1 aromatic rings. The molecule has 1 atom stereocenters. The van der Waals surface area contributed by atoms with Gasteiger partial charge in [0.05, 0.1) is 10.8 Å². The van der Waals surface area contributed by atoms with Crippen molar-refractivity contribution >= 4 is 27.8 Å². The van der Waals surface area contributed by atoms with Gasteiger partial charge in [-0.05, 0) is 48.9 Å². The Morgan fingerprint density at radius 1 is 1.26 bits per heavy atom. The van der Waals surface area contributed by atoms with Gasteiger partial charge in [-0.2, -0.15) is 17.5 Å². The van der Waals surface area contributed by atoms with Crippen molar-refractivity contribution < 1.29 is 31.5 Å². The quantitative estimate of drug-likeness (QED) is 0.826. The van der Waals surface area contributed by atoms with Gasteiger partial charge >= 0.3 is 11.5 Å². The summed E-state index contributed by atoms with van der Waals surface area (Å²) < 4.78 is 62.8. The maximum atomic E-state index is 12.5. The van der Waals surface area contributed by atoms with Gasteiger partial charge in [-0.1, -0.05) is 0 Å². The van der Waals surface area contributed by atoms with Crippen LogP contribution in [0.3, 0.4) is 0 Å². The van der Waals surface area contributed by atoms with E-state index >= 15 is 0 Å². The number of rotatable bonds is 4. The highest BCUT2D eigenvalue weighted by Crippen LogP contribution is 2.37. The lowest BCUT2D eigenvalue weighted by Gasteiger charge is -2.29. The minimum Gasteiger partial charge on any atom is -0.481 e. The molecule has 0 saturated carbocycles. The standard InChI is InChI=1S/C13H14F3NO4S2/c14-13(15,16)22-10-3-5-11(6-4-10)23(20,21)17-7-1-2-9(8-17)12(18)19/h3-6,9H,1-2,7-8H2,(H,18,19). The average Bonchev–Trinajstić information content (AvgIpc) is 2.46. The minimum absolute atomic E-state index is 0.112. The molecule has 1 N–H and O–H groups in total. The van der Waals surface area contributed by atoms with Crippen LogP contribution >= 0.6 is 11.8 Å². The Bertz CT molecular complexity index is 673. The Labute approximate surface area is 135 Å².